The average Bonchev–Trinajstić information content (AvgIpc) is 2.47. The van der Waals surface area contributed by atoms with Crippen LogP contribution in [0, 0.1) is 18.3 Å². The summed E-state index contributed by atoms with van der Waals surface area (Å²) < 4.78 is 5.00. The van der Waals surface area contributed by atoms with E-state index in [4.69, 9.17) is 10.00 Å². The molecule has 0 aliphatic carbocycles. The Morgan fingerprint density at radius 3 is 2.25 bits per heavy atom. The maximum Gasteiger partial charge on any atom is 0.343 e. The number of ether oxygens (including phenoxy) is 1. The number of hydrogen-bond acceptors (Lipinski definition) is 3. The standard InChI is InChI=1S/C15H13NO2.C2H6/c1-11-5-8-14(9-6-11)15(17)18-13(3)7-4-12(2)10-16;1-2/h4-9H,2-3H2,1H3;1-2H3/b7-4-;. The number of carbonyl (C=O) groups excluding carboxylic acids is 1. The molecule has 0 saturated carbocycles. The number of benzene rings is 1. The third-order valence-corrected chi connectivity index (χ3v) is 2.13. The van der Waals surface area contributed by atoms with Gasteiger partial charge >= 0.3 is 5.97 Å². The van der Waals surface area contributed by atoms with Crippen LogP contribution in [0.1, 0.15) is 29.8 Å². The Kier molecular flexibility index (Phi) is 8.13. The number of carbonyl (C=O) groups is 1. The zero-order valence-electron chi connectivity index (χ0n) is 12.1. The molecule has 0 fully saturated rings. The minimum Gasteiger partial charge on any atom is -0.424 e. The molecule has 0 unspecified atom stereocenters. The molecule has 0 atom stereocenters. The van der Waals surface area contributed by atoms with E-state index in [1.54, 1.807) is 12.1 Å². The Morgan fingerprint density at radius 1 is 1.20 bits per heavy atom. The molecular weight excluding hydrogens is 250 g/mol. The fourth-order valence-corrected chi connectivity index (χ4v) is 1.13. The van der Waals surface area contributed by atoms with Gasteiger partial charge in [-0.05, 0) is 31.2 Å². The Balaban J connectivity index is 0.00000172. The molecule has 0 bridgehead atoms. The molecule has 0 aromatic heterocycles. The van der Waals surface area contributed by atoms with E-state index in [2.05, 4.69) is 13.2 Å². The molecule has 1 aromatic carbocycles. The molecule has 0 aliphatic heterocycles. The maximum absolute atomic E-state index is 11.7. The smallest absolute Gasteiger partial charge is 0.343 e. The second-order valence-electron chi connectivity index (χ2n) is 3.69. The zero-order valence-corrected chi connectivity index (χ0v) is 12.1. The van der Waals surface area contributed by atoms with Crippen LogP contribution in [0.2, 0.25) is 0 Å². The van der Waals surface area contributed by atoms with E-state index in [1.165, 1.54) is 12.2 Å². The van der Waals surface area contributed by atoms with Crippen LogP contribution < -0.4 is 0 Å². The molecule has 3 heteroatoms. The maximum atomic E-state index is 11.7. The first kappa shape index (κ1) is 17.4. The number of nitriles is 1. The first-order chi connectivity index (χ1) is 9.52. The molecule has 1 aromatic rings. The molecule has 0 saturated heterocycles. The monoisotopic (exact) mass is 269 g/mol. The van der Waals surface area contributed by atoms with Gasteiger partial charge in [-0.3, -0.25) is 0 Å². The molecular formula is C17H19NO2. The van der Waals surface area contributed by atoms with E-state index in [1.807, 2.05) is 39.0 Å². The summed E-state index contributed by atoms with van der Waals surface area (Å²) in [5.41, 5.74) is 1.78. The average molecular weight is 269 g/mol. The largest absolute Gasteiger partial charge is 0.424 e. The molecule has 0 heterocycles. The van der Waals surface area contributed by atoms with Crippen molar-refractivity contribution >= 4 is 5.97 Å². The van der Waals surface area contributed by atoms with Gasteiger partial charge in [0.15, 0.2) is 0 Å². The number of esters is 1. The molecule has 0 radical (unpaired) electrons. The number of rotatable bonds is 4. The van der Waals surface area contributed by atoms with Crippen LogP contribution in [0.15, 0.2) is 60.9 Å². The first-order valence-corrected chi connectivity index (χ1v) is 6.28. The first-order valence-electron chi connectivity index (χ1n) is 6.28. The summed E-state index contributed by atoms with van der Waals surface area (Å²) in [6.07, 6.45) is 2.86. The number of allylic oxidation sites excluding steroid dienone is 3. The fraction of sp³-hybridized carbons (Fsp3) is 0.176. The fourth-order valence-electron chi connectivity index (χ4n) is 1.13. The minimum atomic E-state index is -0.479. The lowest BCUT2D eigenvalue weighted by Crippen LogP contribution is -2.03. The zero-order chi connectivity index (χ0) is 15.5. The molecule has 20 heavy (non-hydrogen) atoms. The van der Waals surface area contributed by atoms with Crippen molar-refractivity contribution in [1.29, 1.82) is 5.26 Å². The van der Waals surface area contributed by atoms with Crippen LogP contribution in [-0.2, 0) is 4.74 Å². The Hall–Kier alpha value is -2.60. The van der Waals surface area contributed by atoms with Crippen molar-refractivity contribution < 1.29 is 9.53 Å². The van der Waals surface area contributed by atoms with Gasteiger partial charge in [-0.15, -0.1) is 0 Å². The highest BCUT2D eigenvalue weighted by molar-refractivity contribution is 5.90. The van der Waals surface area contributed by atoms with E-state index in [9.17, 15) is 4.79 Å². The predicted octanol–water partition coefficient (Wildman–Crippen LogP) is 4.33. The van der Waals surface area contributed by atoms with Crippen molar-refractivity contribution in [3.63, 3.8) is 0 Å². The van der Waals surface area contributed by atoms with Gasteiger partial charge in [-0.1, -0.05) is 44.7 Å². The third-order valence-electron chi connectivity index (χ3n) is 2.13. The van der Waals surface area contributed by atoms with E-state index >= 15 is 0 Å². The van der Waals surface area contributed by atoms with Crippen molar-refractivity contribution in [2.24, 2.45) is 0 Å². The lowest BCUT2D eigenvalue weighted by molar-refractivity contribution is 0.0638. The summed E-state index contributed by atoms with van der Waals surface area (Å²) in [6, 6.07) is 8.87. The van der Waals surface area contributed by atoms with Gasteiger partial charge in [-0.25, -0.2) is 4.79 Å². The molecule has 0 spiro atoms. The summed E-state index contributed by atoms with van der Waals surface area (Å²) in [6.45, 7) is 13.0. The Labute approximate surface area is 120 Å². The lowest BCUT2D eigenvalue weighted by Gasteiger charge is -2.03. The van der Waals surface area contributed by atoms with Crippen molar-refractivity contribution in [3.8, 4) is 6.07 Å². The number of nitrogens with zero attached hydrogens (tertiary/aromatic N) is 1. The summed E-state index contributed by atoms with van der Waals surface area (Å²) in [5.74, 6) is -0.316. The second-order valence-corrected chi connectivity index (χ2v) is 3.69. The highest BCUT2D eigenvalue weighted by atomic mass is 16.5. The molecule has 0 aliphatic rings. The van der Waals surface area contributed by atoms with Crippen LogP contribution in [0.3, 0.4) is 0 Å². The minimum absolute atomic E-state index is 0.164. The van der Waals surface area contributed by atoms with Crippen LogP contribution in [0.5, 0.6) is 0 Å². The Bertz CT molecular complexity index is 545. The van der Waals surface area contributed by atoms with Gasteiger partial charge in [-0.2, -0.15) is 5.26 Å². The molecule has 1 rings (SSSR count). The lowest BCUT2D eigenvalue weighted by atomic mass is 10.1. The van der Waals surface area contributed by atoms with Crippen LogP contribution in [-0.4, -0.2) is 5.97 Å². The van der Waals surface area contributed by atoms with Gasteiger partial charge in [0.05, 0.1) is 11.6 Å². The van der Waals surface area contributed by atoms with E-state index in [0.717, 1.165) is 5.56 Å². The van der Waals surface area contributed by atoms with E-state index in [0.29, 0.717) is 5.56 Å². The predicted molar refractivity (Wildman–Crippen MR) is 81.0 cm³/mol. The van der Waals surface area contributed by atoms with E-state index in [-0.39, 0.29) is 11.3 Å². The van der Waals surface area contributed by atoms with Gasteiger partial charge in [0.1, 0.15) is 5.76 Å². The van der Waals surface area contributed by atoms with Crippen LogP contribution >= 0.6 is 0 Å². The summed E-state index contributed by atoms with van der Waals surface area (Å²) in [7, 11) is 0. The second kappa shape index (κ2) is 9.35. The van der Waals surface area contributed by atoms with E-state index < -0.39 is 5.97 Å². The highest BCUT2D eigenvalue weighted by Gasteiger charge is 2.07. The number of aryl methyl sites for hydroxylation is 1. The topological polar surface area (TPSA) is 50.1 Å². The number of hydrogen-bond donors (Lipinski definition) is 0. The van der Waals surface area contributed by atoms with Gasteiger partial charge in [0.25, 0.3) is 0 Å². The van der Waals surface area contributed by atoms with Gasteiger partial charge in [0, 0.05) is 5.57 Å². The van der Waals surface area contributed by atoms with Gasteiger partial charge in [0.2, 0.25) is 0 Å². The quantitative estimate of drug-likeness (QED) is 0.354. The highest BCUT2D eigenvalue weighted by Crippen LogP contribution is 2.08. The van der Waals surface area contributed by atoms with Crippen molar-refractivity contribution in [2.75, 3.05) is 0 Å². The van der Waals surface area contributed by atoms with Crippen molar-refractivity contribution in [2.45, 2.75) is 20.8 Å². The molecule has 0 N–H and O–H groups in total. The molecule has 0 amide bonds. The summed E-state index contributed by atoms with van der Waals surface area (Å²) in [5, 5.41) is 8.50. The van der Waals surface area contributed by atoms with Crippen LogP contribution in [0.25, 0.3) is 0 Å². The van der Waals surface area contributed by atoms with Crippen molar-refractivity contribution in [3.05, 3.63) is 72.0 Å². The molecule has 104 valence electrons. The van der Waals surface area contributed by atoms with Gasteiger partial charge < -0.3 is 4.74 Å². The third kappa shape index (κ3) is 6.36. The van der Waals surface area contributed by atoms with Crippen molar-refractivity contribution in [1.82, 2.24) is 0 Å². The van der Waals surface area contributed by atoms with Crippen LogP contribution in [0.4, 0.5) is 0 Å². The summed E-state index contributed by atoms with van der Waals surface area (Å²) in [4.78, 5) is 11.7. The Morgan fingerprint density at radius 2 is 1.75 bits per heavy atom. The summed E-state index contributed by atoms with van der Waals surface area (Å²) >= 11 is 0. The molecule has 3 nitrogen and oxygen atoms in total. The SMILES string of the molecule is C=C(C#N)/C=C\C(=C)OC(=O)c1ccc(C)cc1.CC. The normalized spacial score (nSPS) is 9.10.